The van der Waals surface area contributed by atoms with Crippen molar-refractivity contribution in [2.75, 3.05) is 12.4 Å². The van der Waals surface area contributed by atoms with E-state index in [-0.39, 0.29) is 0 Å². The summed E-state index contributed by atoms with van der Waals surface area (Å²) in [5.41, 5.74) is 0. The first kappa shape index (κ1) is 13.3. The molecule has 80 valence electrons. The maximum Gasteiger partial charge on any atom is 0.0546 e. The quantitative estimate of drug-likeness (QED) is 0.445. The van der Waals surface area contributed by atoms with Crippen LogP contribution in [0.3, 0.4) is 0 Å². The van der Waals surface area contributed by atoms with Gasteiger partial charge in [0, 0.05) is 6.61 Å². The van der Waals surface area contributed by atoms with Crippen LogP contribution < -0.4 is 0 Å². The molecule has 0 spiro atoms. The van der Waals surface area contributed by atoms with Gasteiger partial charge in [-0.1, -0.05) is 26.2 Å². The highest BCUT2D eigenvalue weighted by atomic mass is 32.1. The Morgan fingerprint density at radius 2 is 1.85 bits per heavy atom. The Balaban J connectivity index is 2.97. The van der Waals surface area contributed by atoms with Crippen molar-refractivity contribution in [3.05, 3.63) is 0 Å². The van der Waals surface area contributed by atoms with Gasteiger partial charge in [-0.3, -0.25) is 0 Å². The van der Waals surface area contributed by atoms with E-state index in [1.807, 2.05) is 0 Å². The molecule has 0 aliphatic rings. The summed E-state index contributed by atoms with van der Waals surface area (Å²) in [6.07, 6.45) is 7.91. The van der Waals surface area contributed by atoms with Crippen LogP contribution in [0, 0.1) is 0 Å². The minimum absolute atomic E-state index is 0.454. The molecule has 0 bridgehead atoms. The Bertz CT molecular complexity index is 96.1. The van der Waals surface area contributed by atoms with E-state index in [1.165, 1.54) is 38.5 Å². The first-order valence-electron chi connectivity index (χ1n) is 5.53. The fourth-order valence-corrected chi connectivity index (χ4v) is 1.57. The molecule has 0 fully saturated rings. The molecule has 0 heterocycles. The normalized spacial score (nSPS) is 13.2. The van der Waals surface area contributed by atoms with E-state index < -0.39 is 0 Å². The van der Waals surface area contributed by atoms with Crippen LogP contribution in [0.2, 0.25) is 0 Å². The lowest BCUT2D eigenvalue weighted by Gasteiger charge is -2.11. The first-order chi connectivity index (χ1) is 6.31. The smallest absolute Gasteiger partial charge is 0.0546 e. The summed E-state index contributed by atoms with van der Waals surface area (Å²) in [4.78, 5) is 0. The van der Waals surface area contributed by atoms with Gasteiger partial charge in [0.25, 0.3) is 0 Å². The van der Waals surface area contributed by atoms with Gasteiger partial charge in [-0.2, -0.15) is 12.6 Å². The minimum atomic E-state index is 0.454. The Hall–Kier alpha value is 0.310. The van der Waals surface area contributed by atoms with Crippen molar-refractivity contribution in [2.24, 2.45) is 0 Å². The molecule has 0 aromatic carbocycles. The number of unbranched alkanes of at least 4 members (excludes halogenated alkanes) is 3. The van der Waals surface area contributed by atoms with Gasteiger partial charge in [-0.15, -0.1) is 0 Å². The monoisotopic (exact) mass is 204 g/mol. The van der Waals surface area contributed by atoms with Gasteiger partial charge >= 0.3 is 0 Å². The van der Waals surface area contributed by atoms with Gasteiger partial charge in [-0.05, 0) is 31.9 Å². The van der Waals surface area contributed by atoms with E-state index >= 15 is 0 Å². The summed E-state index contributed by atoms with van der Waals surface area (Å²) in [5.74, 6) is 1.02. The lowest BCUT2D eigenvalue weighted by molar-refractivity contribution is 0.0571. The third-order valence-electron chi connectivity index (χ3n) is 2.15. The number of rotatable bonds is 9. The zero-order valence-electron chi connectivity index (χ0n) is 9.09. The maximum absolute atomic E-state index is 5.64. The lowest BCUT2D eigenvalue weighted by Crippen LogP contribution is -2.08. The molecular formula is C11H24OS. The molecule has 0 radical (unpaired) electrons. The molecule has 0 aliphatic carbocycles. The molecule has 1 atom stereocenters. The van der Waals surface area contributed by atoms with Gasteiger partial charge in [0.1, 0.15) is 0 Å². The number of hydrogen-bond donors (Lipinski definition) is 1. The van der Waals surface area contributed by atoms with Crippen molar-refractivity contribution in [3.63, 3.8) is 0 Å². The van der Waals surface area contributed by atoms with Crippen molar-refractivity contribution in [1.82, 2.24) is 0 Å². The SMILES string of the molecule is CCCC(C)OCCCCCCS. The molecule has 0 aliphatic heterocycles. The van der Waals surface area contributed by atoms with Crippen LogP contribution in [0.5, 0.6) is 0 Å². The molecule has 0 N–H and O–H groups in total. The maximum atomic E-state index is 5.64. The van der Waals surface area contributed by atoms with Crippen LogP contribution in [0.1, 0.15) is 52.4 Å². The molecule has 0 aromatic rings. The Kier molecular flexibility index (Phi) is 10.6. The van der Waals surface area contributed by atoms with Gasteiger partial charge in [0.15, 0.2) is 0 Å². The largest absolute Gasteiger partial charge is 0.379 e. The highest BCUT2D eigenvalue weighted by Crippen LogP contribution is 2.05. The zero-order chi connectivity index (χ0) is 9.94. The average Bonchev–Trinajstić information content (AvgIpc) is 2.11. The van der Waals surface area contributed by atoms with Crippen molar-refractivity contribution < 1.29 is 4.74 Å². The summed E-state index contributed by atoms with van der Waals surface area (Å²) in [5, 5.41) is 0. The number of ether oxygens (including phenoxy) is 1. The first-order valence-corrected chi connectivity index (χ1v) is 6.17. The van der Waals surface area contributed by atoms with Crippen LogP contribution >= 0.6 is 12.6 Å². The van der Waals surface area contributed by atoms with Crippen LogP contribution in [0.4, 0.5) is 0 Å². The van der Waals surface area contributed by atoms with Crippen molar-refractivity contribution in [3.8, 4) is 0 Å². The number of thiol groups is 1. The predicted molar refractivity (Wildman–Crippen MR) is 62.6 cm³/mol. The highest BCUT2D eigenvalue weighted by molar-refractivity contribution is 7.80. The minimum Gasteiger partial charge on any atom is -0.379 e. The molecule has 1 unspecified atom stereocenters. The fraction of sp³-hybridized carbons (Fsp3) is 1.00. The molecule has 0 amide bonds. The third kappa shape index (κ3) is 10.2. The lowest BCUT2D eigenvalue weighted by atomic mass is 10.2. The second kappa shape index (κ2) is 10.4. The molecule has 0 aromatic heterocycles. The van der Waals surface area contributed by atoms with Crippen LogP contribution in [-0.2, 0) is 4.74 Å². The molecule has 0 saturated carbocycles. The fourth-order valence-electron chi connectivity index (χ4n) is 1.34. The Morgan fingerprint density at radius 1 is 1.15 bits per heavy atom. The van der Waals surface area contributed by atoms with E-state index in [9.17, 15) is 0 Å². The molecule has 2 heteroatoms. The topological polar surface area (TPSA) is 9.23 Å². The third-order valence-corrected chi connectivity index (χ3v) is 2.47. The zero-order valence-corrected chi connectivity index (χ0v) is 9.98. The average molecular weight is 204 g/mol. The summed E-state index contributed by atoms with van der Waals surface area (Å²) in [6.45, 7) is 5.30. The molecule has 0 saturated heterocycles. The van der Waals surface area contributed by atoms with Crippen molar-refractivity contribution in [1.29, 1.82) is 0 Å². The Labute approximate surface area is 88.7 Å². The van der Waals surface area contributed by atoms with E-state index in [0.29, 0.717) is 6.10 Å². The molecule has 0 rings (SSSR count). The van der Waals surface area contributed by atoms with E-state index in [4.69, 9.17) is 4.74 Å². The van der Waals surface area contributed by atoms with Crippen LogP contribution in [-0.4, -0.2) is 18.5 Å². The van der Waals surface area contributed by atoms with Crippen molar-refractivity contribution in [2.45, 2.75) is 58.5 Å². The van der Waals surface area contributed by atoms with Gasteiger partial charge < -0.3 is 4.74 Å². The second-order valence-corrected chi connectivity index (χ2v) is 4.06. The summed E-state index contributed by atoms with van der Waals surface area (Å²) < 4.78 is 5.64. The summed E-state index contributed by atoms with van der Waals surface area (Å²) >= 11 is 4.17. The van der Waals surface area contributed by atoms with Gasteiger partial charge in [-0.25, -0.2) is 0 Å². The van der Waals surface area contributed by atoms with Crippen LogP contribution in [0.25, 0.3) is 0 Å². The molecular weight excluding hydrogens is 180 g/mol. The van der Waals surface area contributed by atoms with Crippen molar-refractivity contribution >= 4 is 12.6 Å². The number of hydrogen-bond acceptors (Lipinski definition) is 2. The summed E-state index contributed by atoms with van der Waals surface area (Å²) in [7, 11) is 0. The Morgan fingerprint density at radius 3 is 2.46 bits per heavy atom. The predicted octanol–water partition coefficient (Wildman–Crippen LogP) is 3.68. The highest BCUT2D eigenvalue weighted by Gasteiger charge is 1.98. The van der Waals surface area contributed by atoms with Gasteiger partial charge in [0.05, 0.1) is 6.10 Å². The standard InChI is InChI=1S/C11H24OS/c1-3-8-11(2)12-9-6-4-5-7-10-13/h11,13H,3-10H2,1-2H3. The van der Waals surface area contributed by atoms with E-state index in [2.05, 4.69) is 26.5 Å². The van der Waals surface area contributed by atoms with Gasteiger partial charge in [0.2, 0.25) is 0 Å². The van der Waals surface area contributed by atoms with E-state index in [1.54, 1.807) is 0 Å². The second-order valence-electron chi connectivity index (χ2n) is 3.61. The molecule has 1 nitrogen and oxygen atoms in total. The summed E-state index contributed by atoms with van der Waals surface area (Å²) in [6, 6.07) is 0. The van der Waals surface area contributed by atoms with Crippen LogP contribution in [0.15, 0.2) is 0 Å². The molecule has 13 heavy (non-hydrogen) atoms. The van der Waals surface area contributed by atoms with E-state index in [0.717, 1.165) is 12.4 Å².